The second-order valence-corrected chi connectivity index (χ2v) is 4.23. The van der Waals surface area contributed by atoms with Crippen LogP contribution in [-0.4, -0.2) is 31.7 Å². The van der Waals surface area contributed by atoms with E-state index in [1.54, 1.807) is 32.0 Å². The van der Waals surface area contributed by atoms with E-state index in [1.807, 2.05) is 6.07 Å². The second-order valence-electron chi connectivity index (χ2n) is 4.23. The van der Waals surface area contributed by atoms with Gasteiger partial charge in [-0.3, -0.25) is 4.79 Å². The molecule has 2 N–H and O–H groups in total. The minimum Gasteiger partial charge on any atom is -0.478 e. The molecule has 94 valence electrons. The van der Waals surface area contributed by atoms with Crippen LogP contribution in [0.4, 0.5) is 0 Å². The van der Waals surface area contributed by atoms with Crippen molar-refractivity contribution in [3.05, 3.63) is 30.6 Å². The maximum atomic E-state index is 11.2. The first-order valence-electron chi connectivity index (χ1n) is 5.31. The SMILES string of the molecule is CC(C)(Oc1cccc(-n2cnnn2)c1)C(N)=O. The van der Waals surface area contributed by atoms with Crippen LogP contribution >= 0.6 is 0 Å². The number of hydrogen-bond donors (Lipinski definition) is 1. The molecule has 0 radical (unpaired) electrons. The summed E-state index contributed by atoms with van der Waals surface area (Å²) in [6.07, 6.45) is 1.47. The number of tetrazole rings is 1. The molecule has 1 aromatic heterocycles. The van der Waals surface area contributed by atoms with Crippen LogP contribution in [0, 0.1) is 0 Å². The van der Waals surface area contributed by atoms with E-state index in [4.69, 9.17) is 10.5 Å². The normalized spacial score (nSPS) is 11.2. The van der Waals surface area contributed by atoms with Crippen LogP contribution in [0.5, 0.6) is 5.75 Å². The molecule has 2 rings (SSSR count). The van der Waals surface area contributed by atoms with Crippen molar-refractivity contribution in [2.75, 3.05) is 0 Å². The van der Waals surface area contributed by atoms with Crippen molar-refractivity contribution in [3.63, 3.8) is 0 Å². The fourth-order valence-corrected chi connectivity index (χ4v) is 1.31. The zero-order valence-corrected chi connectivity index (χ0v) is 10.1. The highest BCUT2D eigenvalue weighted by molar-refractivity contribution is 5.82. The van der Waals surface area contributed by atoms with Gasteiger partial charge in [0.05, 0.1) is 5.69 Å². The highest BCUT2D eigenvalue weighted by Crippen LogP contribution is 2.20. The number of benzene rings is 1. The Morgan fingerprint density at radius 3 is 2.83 bits per heavy atom. The van der Waals surface area contributed by atoms with E-state index in [2.05, 4.69) is 15.5 Å². The lowest BCUT2D eigenvalue weighted by Gasteiger charge is -2.22. The Morgan fingerprint density at radius 2 is 2.22 bits per heavy atom. The Balaban J connectivity index is 2.26. The lowest BCUT2D eigenvalue weighted by atomic mass is 10.1. The molecular formula is C11H13N5O2. The predicted octanol–water partition coefficient (Wildman–Crippen LogP) is 0.305. The molecule has 7 nitrogen and oxygen atoms in total. The molecule has 0 aliphatic carbocycles. The molecule has 0 aliphatic heterocycles. The molecular weight excluding hydrogens is 234 g/mol. The van der Waals surface area contributed by atoms with Crippen LogP contribution in [0.2, 0.25) is 0 Å². The van der Waals surface area contributed by atoms with Crippen LogP contribution < -0.4 is 10.5 Å². The van der Waals surface area contributed by atoms with Crippen LogP contribution in [0.1, 0.15) is 13.8 Å². The Morgan fingerprint density at radius 1 is 1.44 bits per heavy atom. The summed E-state index contributed by atoms with van der Waals surface area (Å²) in [4.78, 5) is 11.2. The zero-order chi connectivity index (χ0) is 13.2. The number of nitrogens with zero attached hydrogens (tertiary/aromatic N) is 4. The Kier molecular flexibility index (Phi) is 2.97. The third-order valence-corrected chi connectivity index (χ3v) is 2.40. The molecule has 0 spiro atoms. The molecule has 1 aromatic carbocycles. The summed E-state index contributed by atoms with van der Waals surface area (Å²) in [6, 6.07) is 7.06. The number of carbonyl (C=O) groups excluding carboxylic acids is 1. The Labute approximate surface area is 104 Å². The molecule has 7 heteroatoms. The summed E-state index contributed by atoms with van der Waals surface area (Å²) >= 11 is 0. The highest BCUT2D eigenvalue weighted by Gasteiger charge is 2.27. The summed E-state index contributed by atoms with van der Waals surface area (Å²) in [5.74, 6) is -0.0119. The average molecular weight is 247 g/mol. The number of rotatable bonds is 4. The largest absolute Gasteiger partial charge is 0.478 e. The van der Waals surface area contributed by atoms with E-state index in [1.165, 1.54) is 11.0 Å². The third kappa shape index (κ3) is 2.45. The van der Waals surface area contributed by atoms with E-state index in [9.17, 15) is 4.79 Å². The number of ether oxygens (including phenoxy) is 1. The molecule has 0 aliphatic rings. The Bertz CT molecular complexity index is 550. The maximum Gasteiger partial charge on any atom is 0.261 e. The van der Waals surface area contributed by atoms with Gasteiger partial charge in [0.2, 0.25) is 0 Å². The molecule has 0 unspecified atom stereocenters. The first-order chi connectivity index (χ1) is 8.49. The first kappa shape index (κ1) is 12.0. The number of amides is 1. The average Bonchev–Trinajstić information content (AvgIpc) is 2.82. The molecule has 0 saturated carbocycles. The molecule has 0 atom stereocenters. The number of nitrogens with two attached hydrogens (primary N) is 1. The van der Waals surface area contributed by atoms with Crippen molar-refractivity contribution in [3.8, 4) is 11.4 Å². The molecule has 0 bridgehead atoms. The summed E-state index contributed by atoms with van der Waals surface area (Å²) in [5.41, 5.74) is 4.91. The fourth-order valence-electron chi connectivity index (χ4n) is 1.31. The van der Waals surface area contributed by atoms with Gasteiger partial charge in [0.1, 0.15) is 12.1 Å². The molecule has 2 aromatic rings. The Hall–Kier alpha value is -2.44. The van der Waals surface area contributed by atoms with Gasteiger partial charge in [-0.1, -0.05) is 6.07 Å². The number of aromatic nitrogens is 4. The lowest BCUT2D eigenvalue weighted by molar-refractivity contribution is -0.130. The second kappa shape index (κ2) is 4.44. The van der Waals surface area contributed by atoms with Crippen molar-refractivity contribution in [2.24, 2.45) is 5.73 Å². The van der Waals surface area contributed by atoms with Gasteiger partial charge in [-0.05, 0) is 36.4 Å². The van der Waals surface area contributed by atoms with Gasteiger partial charge in [-0.2, -0.15) is 0 Å². The smallest absolute Gasteiger partial charge is 0.261 e. The van der Waals surface area contributed by atoms with Crippen LogP contribution in [0.25, 0.3) is 5.69 Å². The van der Waals surface area contributed by atoms with Gasteiger partial charge >= 0.3 is 0 Å². The maximum absolute atomic E-state index is 11.2. The van der Waals surface area contributed by atoms with Crippen molar-refractivity contribution in [2.45, 2.75) is 19.4 Å². The van der Waals surface area contributed by atoms with E-state index in [-0.39, 0.29) is 0 Å². The van der Waals surface area contributed by atoms with E-state index in [0.717, 1.165) is 5.69 Å². The summed E-state index contributed by atoms with van der Waals surface area (Å²) in [7, 11) is 0. The van der Waals surface area contributed by atoms with Gasteiger partial charge in [-0.15, -0.1) is 5.10 Å². The standard InChI is InChI=1S/C11H13N5O2/c1-11(2,10(12)17)18-9-5-3-4-8(6-9)16-7-13-14-15-16/h3-7H,1-2H3,(H2,12,17). The van der Waals surface area contributed by atoms with Gasteiger partial charge in [0, 0.05) is 6.07 Å². The predicted molar refractivity (Wildman–Crippen MR) is 63.1 cm³/mol. The first-order valence-corrected chi connectivity index (χ1v) is 5.31. The van der Waals surface area contributed by atoms with Crippen LogP contribution in [0.3, 0.4) is 0 Å². The molecule has 0 fully saturated rings. The zero-order valence-electron chi connectivity index (χ0n) is 10.1. The molecule has 1 amide bonds. The van der Waals surface area contributed by atoms with Crippen LogP contribution in [-0.2, 0) is 4.79 Å². The number of hydrogen-bond acceptors (Lipinski definition) is 5. The van der Waals surface area contributed by atoms with Crippen molar-refractivity contribution >= 4 is 5.91 Å². The van der Waals surface area contributed by atoms with E-state index >= 15 is 0 Å². The van der Waals surface area contributed by atoms with E-state index in [0.29, 0.717) is 5.75 Å². The summed E-state index contributed by atoms with van der Waals surface area (Å²) < 4.78 is 7.04. The van der Waals surface area contributed by atoms with Crippen molar-refractivity contribution in [1.82, 2.24) is 20.2 Å². The summed E-state index contributed by atoms with van der Waals surface area (Å²) in [5, 5.41) is 10.9. The summed E-state index contributed by atoms with van der Waals surface area (Å²) in [6.45, 7) is 3.22. The number of carbonyl (C=O) groups is 1. The van der Waals surface area contributed by atoms with Crippen molar-refractivity contribution in [1.29, 1.82) is 0 Å². The lowest BCUT2D eigenvalue weighted by Crippen LogP contribution is -2.43. The third-order valence-electron chi connectivity index (χ3n) is 2.40. The molecule has 0 saturated heterocycles. The minimum atomic E-state index is -1.07. The van der Waals surface area contributed by atoms with Crippen molar-refractivity contribution < 1.29 is 9.53 Å². The van der Waals surface area contributed by atoms with Gasteiger partial charge in [0.25, 0.3) is 5.91 Å². The van der Waals surface area contributed by atoms with E-state index < -0.39 is 11.5 Å². The van der Waals surface area contributed by atoms with Gasteiger partial charge in [-0.25, -0.2) is 4.68 Å². The van der Waals surface area contributed by atoms with Gasteiger partial charge < -0.3 is 10.5 Å². The molecule has 18 heavy (non-hydrogen) atoms. The monoisotopic (exact) mass is 247 g/mol. The van der Waals surface area contributed by atoms with Crippen LogP contribution in [0.15, 0.2) is 30.6 Å². The topological polar surface area (TPSA) is 95.9 Å². The number of primary amides is 1. The molecule has 1 heterocycles. The fraction of sp³-hybridized carbons (Fsp3) is 0.273. The van der Waals surface area contributed by atoms with Gasteiger partial charge in [0.15, 0.2) is 5.60 Å². The highest BCUT2D eigenvalue weighted by atomic mass is 16.5. The minimum absolute atomic E-state index is 0.520. The quantitative estimate of drug-likeness (QED) is 0.838.